The molecule has 0 bridgehead atoms. The van der Waals surface area contributed by atoms with E-state index in [-0.39, 0.29) is 17.5 Å². The summed E-state index contributed by atoms with van der Waals surface area (Å²) in [6.07, 6.45) is 0. The van der Waals surface area contributed by atoms with Gasteiger partial charge in [-0.15, -0.1) is 0 Å². The van der Waals surface area contributed by atoms with Crippen molar-refractivity contribution in [2.75, 3.05) is 36.9 Å². The molecule has 170 valence electrons. The normalized spacial score (nSPS) is 15.0. The van der Waals surface area contributed by atoms with Gasteiger partial charge in [0.1, 0.15) is 5.82 Å². The first kappa shape index (κ1) is 22.6. The van der Waals surface area contributed by atoms with Crippen LogP contribution < -0.4 is 10.6 Å². The van der Waals surface area contributed by atoms with Crippen molar-refractivity contribution in [1.29, 1.82) is 0 Å². The minimum Gasteiger partial charge on any atom is -0.379 e. The van der Waals surface area contributed by atoms with Crippen molar-refractivity contribution >= 4 is 23.2 Å². The summed E-state index contributed by atoms with van der Waals surface area (Å²) in [5, 5.41) is 5.41. The van der Waals surface area contributed by atoms with Gasteiger partial charge in [-0.05, 0) is 48.4 Å². The molecule has 1 aliphatic rings. The number of hydrogen-bond acceptors (Lipinski definition) is 4. The summed E-state index contributed by atoms with van der Waals surface area (Å²) in [5.41, 5.74) is 2.97. The number of hydrogen-bond donors (Lipinski definition) is 2. The Morgan fingerprint density at radius 3 is 2.27 bits per heavy atom. The lowest BCUT2D eigenvalue weighted by atomic mass is 10.0. The Kier molecular flexibility index (Phi) is 7.12. The Morgan fingerprint density at radius 1 is 0.909 bits per heavy atom. The first-order valence-electron chi connectivity index (χ1n) is 10.9. The van der Waals surface area contributed by atoms with E-state index in [0.29, 0.717) is 37.6 Å². The molecule has 1 fully saturated rings. The zero-order chi connectivity index (χ0) is 23.2. The average Bonchev–Trinajstić information content (AvgIpc) is 2.86. The quantitative estimate of drug-likeness (QED) is 0.588. The zero-order valence-corrected chi connectivity index (χ0v) is 18.4. The summed E-state index contributed by atoms with van der Waals surface area (Å²) < 4.78 is 19.7. The lowest BCUT2D eigenvalue weighted by molar-refractivity contribution is -0.122. The van der Waals surface area contributed by atoms with Gasteiger partial charge >= 0.3 is 0 Å². The minimum absolute atomic E-state index is 0.0253. The van der Waals surface area contributed by atoms with Crippen LogP contribution in [-0.4, -0.2) is 49.1 Å². The molecule has 0 saturated carbocycles. The summed E-state index contributed by atoms with van der Waals surface area (Å²) in [6.45, 7) is 4.22. The second kappa shape index (κ2) is 10.4. The maximum atomic E-state index is 14.3. The van der Waals surface area contributed by atoms with Crippen LogP contribution in [0.15, 0.2) is 72.8 Å². The topological polar surface area (TPSA) is 70.7 Å². The van der Waals surface area contributed by atoms with Gasteiger partial charge in [0.05, 0.1) is 24.9 Å². The van der Waals surface area contributed by atoms with E-state index < -0.39 is 11.9 Å². The zero-order valence-electron chi connectivity index (χ0n) is 18.4. The highest BCUT2D eigenvalue weighted by Gasteiger charge is 2.24. The number of amides is 2. The Labute approximate surface area is 192 Å². The Balaban J connectivity index is 1.42. The van der Waals surface area contributed by atoms with Gasteiger partial charge in [-0.1, -0.05) is 42.5 Å². The van der Waals surface area contributed by atoms with Gasteiger partial charge in [0.25, 0.3) is 5.91 Å². The molecule has 0 aromatic heterocycles. The van der Waals surface area contributed by atoms with E-state index >= 15 is 0 Å². The fourth-order valence-corrected chi connectivity index (χ4v) is 3.71. The van der Waals surface area contributed by atoms with E-state index in [1.807, 2.05) is 47.4 Å². The molecule has 1 atom stereocenters. The fraction of sp³-hybridized carbons (Fsp3) is 0.231. The number of ether oxygens (including phenoxy) is 1. The standard InChI is InChI=1S/C26H26FN3O3/c1-18(30-13-15-33-16-14-30)25(31)29-24-17-22(11-12-23(24)27)28-26(32)21-9-7-20(8-10-21)19-5-3-2-4-6-19/h2-12,17-18H,13-16H2,1H3,(H,28,32)(H,29,31)/t18-/m0/s1. The second-order valence-corrected chi connectivity index (χ2v) is 7.91. The van der Waals surface area contributed by atoms with Gasteiger partial charge in [0.2, 0.25) is 5.91 Å². The van der Waals surface area contributed by atoms with E-state index in [1.54, 1.807) is 19.1 Å². The minimum atomic E-state index is -0.567. The van der Waals surface area contributed by atoms with Crippen molar-refractivity contribution in [2.24, 2.45) is 0 Å². The summed E-state index contributed by atoms with van der Waals surface area (Å²) >= 11 is 0. The Morgan fingerprint density at radius 2 is 1.58 bits per heavy atom. The molecule has 0 aliphatic carbocycles. The molecule has 2 amide bonds. The maximum Gasteiger partial charge on any atom is 0.255 e. The van der Waals surface area contributed by atoms with Crippen LogP contribution in [0.25, 0.3) is 11.1 Å². The monoisotopic (exact) mass is 447 g/mol. The lowest BCUT2D eigenvalue weighted by Gasteiger charge is -2.31. The molecule has 0 unspecified atom stereocenters. The molecule has 1 aliphatic heterocycles. The van der Waals surface area contributed by atoms with E-state index in [9.17, 15) is 14.0 Å². The molecular formula is C26H26FN3O3. The molecule has 2 N–H and O–H groups in total. The highest BCUT2D eigenvalue weighted by molar-refractivity contribution is 6.05. The largest absolute Gasteiger partial charge is 0.379 e. The molecular weight excluding hydrogens is 421 g/mol. The number of carbonyl (C=O) groups excluding carboxylic acids is 2. The van der Waals surface area contributed by atoms with Crippen LogP contribution >= 0.6 is 0 Å². The van der Waals surface area contributed by atoms with Gasteiger partial charge in [0.15, 0.2) is 0 Å². The number of rotatable bonds is 6. The Bertz CT molecular complexity index is 1110. The van der Waals surface area contributed by atoms with Crippen LogP contribution in [0.3, 0.4) is 0 Å². The second-order valence-electron chi connectivity index (χ2n) is 7.91. The van der Waals surface area contributed by atoms with Crippen molar-refractivity contribution in [1.82, 2.24) is 4.90 Å². The van der Waals surface area contributed by atoms with Gasteiger partial charge in [-0.25, -0.2) is 4.39 Å². The van der Waals surface area contributed by atoms with E-state index in [0.717, 1.165) is 11.1 Å². The van der Waals surface area contributed by atoms with Crippen LogP contribution in [0, 0.1) is 5.82 Å². The van der Waals surface area contributed by atoms with Crippen molar-refractivity contribution in [3.05, 3.63) is 84.2 Å². The molecule has 33 heavy (non-hydrogen) atoms. The van der Waals surface area contributed by atoms with E-state index in [2.05, 4.69) is 10.6 Å². The van der Waals surface area contributed by atoms with Gasteiger partial charge in [-0.2, -0.15) is 0 Å². The van der Waals surface area contributed by atoms with Crippen molar-refractivity contribution in [3.8, 4) is 11.1 Å². The molecule has 1 heterocycles. The number of anilines is 2. The third-order valence-corrected chi connectivity index (χ3v) is 5.71. The molecule has 7 heteroatoms. The Hall–Kier alpha value is -3.55. The first-order valence-corrected chi connectivity index (χ1v) is 10.9. The smallest absolute Gasteiger partial charge is 0.255 e. The molecule has 6 nitrogen and oxygen atoms in total. The molecule has 0 spiro atoms. The van der Waals surface area contributed by atoms with Crippen LogP contribution in [0.2, 0.25) is 0 Å². The molecule has 3 aromatic carbocycles. The number of morpholine rings is 1. The number of carbonyl (C=O) groups is 2. The van der Waals surface area contributed by atoms with Gasteiger partial charge < -0.3 is 15.4 Å². The number of nitrogens with zero attached hydrogens (tertiary/aromatic N) is 1. The third kappa shape index (κ3) is 5.63. The maximum absolute atomic E-state index is 14.3. The highest BCUT2D eigenvalue weighted by atomic mass is 19.1. The molecule has 3 aromatic rings. The average molecular weight is 448 g/mol. The molecule has 1 saturated heterocycles. The predicted octanol–water partition coefficient (Wildman–Crippen LogP) is 4.40. The van der Waals surface area contributed by atoms with Gasteiger partial charge in [0, 0.05) is 24.3 Å². The van der Waals surface area contributed by atoms with Crippen molar-refractivity contribution < 1.29 is 18.7 Å². The number of halogens is 1. The summed E-state index contributed by atoms with van der Waals surface area (Å²) in [6, 6.07) is 20.8. The summed E-state index contributed by atoms with van der Waals surface area (Å²) in [7, 11) is 0. The number of nitrogens with one attached hydrogen (secondary N) is 2. The van der Waals surface area contributed by atoms with Crippen LogP contribution in [0.4, 0.5) is 15.8 Å². The molecule has 4 rings (SSSR count). The van der Waals surface area contributed by atoms with Crippen molar-refractivity contribution in [2.45, 2.75) is 13.0 Å². The molecule has 0 radical (unpaired) electrons. The van der Waals surface area contributed by atoms with E-state index in [1.165, 1.54) is 18.2 Å². The van der Waals surface area contributed by atoms with E-state index in [4.69, 9.17) is 4.74 Å². The van der Waals surface area contributed by atoms with Crippen molar-refractivity contribution in [3.63, 3.8) is 0 Å². The summed E-state index contributed by atoms with van der Waals surface area (Å²) in [5.74, 6) is -1.20. The SMILES string of the molecule is C[C@@H](C(=O)Nc1cc(NC(=O)c2ccc(-c3ccccc3)cc2)ccc1F)N1CCOCC1. The predicted molar refractivity (Wildman–Crippen MR) is 127 cm³/mol. The lowest BCUT2D eigenvalue weighted by Crippen LogP contribution is -2.47. The highest BCUT2D eigenvalue weighted by Crippen LogP contribution is 2.23. The van der Waals surface area contributed by atoms with Crippen LogP contribution in [-0.2, 0) is 9.53 Å². The van der Waals surface area contributed by atoms with Crippen LogP contribution in [0.1, 0.15) is 17.3 Å². The van der Waals surface area contributed by atoms with Crippen LogP contribution in [0.5, 0.6) is 0 Å². The third-order valence-electron chi connectivity index (χ3n) is 5.71. The van der Waals surface area contributed by atoms with Gasteiger partial charge in [-0.3, -0.25) is 14.5 Å². The first-order chi connectivity index (χ1) is 16.0. The fourth-order valence-electron chi connectivity index (χ4n) is 3.71. The number of benzene rings is 3. The summed E-state index contributed by atoms with van der Waals surface area (Å²) in [4.78, 5) is 27.3.